The summed E-state index contributed by atoms with van der Waals surface area (Å²) in [6.45, 7) is 6.43. The van der Waals surface area contributed by atoms with Crippen LogP contribution >= 0.6 is 0 Å². The van der Waals surface area contributed by atoms with Crippen molar-refractivity contribution in [2.75, 3.05) is 13.2 Å². The summed E-state index contributed by atoms with van der Waals surface area (Å²) in [6, 6.07) is 0. The molecule has 322 valence electrons. The molecule has 0 spiro atoms. The van der Waals surface area contributed by atoms with E-state index in [4.69, 9.17) is 14.2 Å². The maximum absolute atomic E-state index is 12.7. The average Bonchev–Trinajstić information content (AvgIpc) is 3.19. The van der Waals surface area contributed by atoms with Crippen LogP contribution in [0.25, 0.3) is 0 Å². The molecule has 6 nitrogen and oxygen atoms in total. The van der Waals surface area contributed by atoms with Crippen LogP contribution in [0.1, 0.15) is 220 Å². The average molecular weight is 783 g/mol. The van der Waals surface area contributed by atoms with E-state index >= 15 is 0 Å². The standard InChI is InChI=1S/C50H86O6/c1-4-7-10-13-16-19-21-23-24-25-27-28-31-34-37-40-43-49(52)55-46-47(45-54-48(51)42-39-36-33-30-18-15-12-9-6-3)56-50(53)44-41-38-35-32-29-26-22-20-17-14-11-8-5-2/h7,10,16,19,23-24,27-28,34,37,47H,4-6,8-9,11-15,17-18,20-22,25-26,29-33,35-36,38-46H2,1-3H3/b10-7-,19-16-,24-23-,28-27-,37-34-. The first-order valence-corrected chi connectivity index (χ1v) is 23.3. The second-order valence-corrected chi connectivity index (χ2v) is 15.3. The predicted molar refractivity (Wildman–Crippen MR) is 238 cm³/mol. The summed E-state index contributed by atoms with van der Waals surface area (Å²) >= 11 is 0. The Morgan fingerprint density at radius 2 is 0.696 bits per heavy atom. The van der Waals surface area contributed by atoms with Crippen molar-refractivity contribution in [2.45, 2.75) is 226 Å². The molecule has 0 aromatic heterocycles. The molecule has 0 aliphatic rings. The van der Waals surface area contributed by atoms with E-state index < -0.39 is 6.10 Å². The van der Waals surface area contributed by atoms with Gasteiger partial charge < -0.3 is 14.2 Å². The van der Waals surface area contributed by atoms with Crippen molar-refractivity contribution in [3.63, 3.8) is 0 Å². The Balaban J connectivity index is 4.46. The molecule has 6 heteroatoms. The van der Waals surface area contributed by atoms with Gasteiger partial charge in [-0.15, -0.1) is 0 Å². The van der Waals surface area contributed by atoms with Crippen LogP contribution in [0.15, 0.2) is 60.8 Å². The van der Waals surface area contributed by atoms with Crippen LogP contribution in [0.4, 0.5) is 0 Å². The Kier molecular flexibility index (Phi) is 42.5. The Labute approximate surface area is 345 Å². The van der Waals surface area contributed by atoms with E-state index in [1.807, 2.05) is 12.2 Å². The fourth-order valence-corrected chi connectivity index (χ4v) is 6.31. The SMILES string of the molecule is CC/C=C\C/C=C\C/C=C\C/C=C\C/C=C\CCC(=O)OCC(COC(=O)CCCCCCCCCCC)OC(=O)CCCCCCCCCCCCCCC. The van der Waals surface area contributed by atoms with E-state index in [-0.39, 0.29) is 37.5 Å². The van der Waals surface area contributed by atoms with Gasteiger partial charge in [-0.2, -0.15) is 0 Å². The molecule has 0 rings (SSSR count). The Morgan fingerprint density at radius 1 is 0.375 bits per heavy atom. The van der Waals surface area contributed by atoms with Gasteiger partial charge in [-0.05, 0) is 51.4 Å². The number of unbranched alkanes of at least 4 members (excludes halogenated alkanes) is 20. The van der Waals surface area contributed by atoms with Gasteiger partial charge in [0.25, 0.3) is 0 Å². The van der Waals surface area contributed by atoms with Crippen LogP contribution < -0.4 is 0 Å². The number of carbonyl (C=O) groups is 3. The second-order valence-electron chi connectivity index (χ2n) is 15.3. The Morgan fingerprint density at radius 3 is 1.09 bits per heavy atom. The van der Waals surface area contributed by atoms with Crippen LogP contribution in [-0.2, 0) is 28.6 Å². The van der Waals surface area contributed by atoms with Crippen molar-refractivity contribution in [3.05, 3.63) is 60.8 Å². The van der Waals surface area contributed by atoms with Crippen molar-refractivity contribution in [1.82, 2.24) is 0 Å². The van der Waals surface area contributed by atoms with Crippen molar-refractivity contribution in [1.29, 1.82) is 0 Å². The van der Waals surface area contributed by atoms with E-state index in [2.05, 4.69) is 69.4 Å². The first-order valence-electron chi connectivity index (χ1n) is 23.3. The lowest BCUT2D eigenvalue weighted by molar-refractivity contribution is -0.166. The summed E-state index contributed by atoms with van der Waals surface area (Å²) in [5.41, 5.74) is 0. The number of carbonyl (C=O) groups excluding carboxylic acids is 3. The normalized spacial score (nSPS) is 12.6. The third-order valence-corrected chi connectivity index (χ3v) is 9.80. The minimum Gasteiger partial charge on any atom is -0.462 e. The van der Waals surface area contributed by atoms with Gasteiger partial charge in [0.05, 0.1) is 0 Å². The van der Waals surface area contributed by atoms with Crippen LogP contribution in [-0.4, -0.2) is 37.2 Å². The van der Waals surface area contributed by atoms with E-state index in [0.29, 0.717) is 19.3 Å². The molecular weight excluding hydrogens is 697 g/mol. The lowest BCUT2D eigenvalue weighted by atomic mass is 10.0. The fourth-order valence-electron chi connectivity index (χ4n) is 6.31. The summed E-state index contributed by atoms with van der Waals surface area (Å²) in [4.78, 5) is 37.7. The van der Waals surface area contributed by atoms with Crippen molar-refractivity contribution in [2.24, 2.45) is 0 Å². The minimum atomic E-state index is -0.797. The predicted octanol–water partition coefficient (Wildman–Crippen LogP) is 14.9. The summed E-state index contributed by atoms with van der Waals surface area (Å²) in [5, 5.41) is 0. The number of rotatable bonds is 41. The maximum Gasteiger partial charge on any atom is 0.306 e. The number of hydrogen-bond donors (Lipinski definition) is 0. The summed E-state index contributed by atoms with van der Waals surface area (Å²) in [6.07, 6.45) is 53.6. The monoisotopic (exact) mass is 783 g/mol. The first-order chi connectivity index (χ1) is 27.5. The first kappa shape index (κ1) is 53.1. The van der Waals surface area contributed by atoms with Gasteiger partial charge in [0.15, 0.2) is 6.10 Å². The number of esters is 3. The van der Waals surface area contributed by atoms with E-state index in [1.165, 1.54) is 103 Å². The van der Waals surface area contributed by atoms with Crippen LogP contribution in [0.3, 0.4) is 0 Å². The topological polar surface area (TPSA) is 78.9 Å². The Hall–Kier alpha value is -2.89. The third-order valence-electron chi connectivity index (χ3n) is 9.80. The van der Waals surface area contributed by atoms with Crippen LogP contribution in [0.2, 0.25) is 0 Å². The molecule has 1 atom stereocenters. The highest BCUT2D eigenvalue weighted by atomic mass is 16.6. The molecule has 0 aliphatic heterocycles. The Bertz CT molecular complexity index is 1040. The van der Waals surface area contributed by atoms with Crippen molar-refractivity contribution in [3.8, 4) is 0 Å². The van der Waals surface area contributed by atoms with E-state index in [0.717, 1.165) is 70.6 Å². The van der Waals surface area contributed by atoms with Gasteiger partial charge >= 0.3 is 17.9 Å². The quantitative estimate of drug-likeness (QED) is 0.0266. The molecule has 0 aromatic carbocycles. The number of allylic oxidation sites excluding steroid dienone is 10. The lowest BCUT2D eigenvalue weighted by Gasteiger charge is -2.18. The van der Waals surface area contributed by atoms with Crippen LogP contribution in [0, 0.1) is 0 Å². The third kappa shape index (κ3) is 42.3. The molecule has 0 bridgehead atoms. The highest BCUT2D eigenvalue weighted by Gasteiger charge is 2.19. The molecule has 0 heterocycles. The van der Waals surface area contributed by atoms with Gasteiger partial charge in [0.2, 0.25) is 0 Å². The van der Waals surface area contributed by atoms with Gasteiger partial charge in [-0.3, -0.25) is 14.4 Å². The van der Waals surface area contributed by atoms with Gasteiger partial charge in [0, 0.05) is 19.3 Å². The molecular formula is C50H86O6. The molecule has 0 amide bonds. The molecule has 56 heavy (non-hydrogen) atoms. The van der Waals surface area contributed by atoms with Gasteiger partial charge in [-0.1, -0.05) is 210 Å². The zero-order chi connectivity index (χ0) is 40.8. The molecule has 0 radical (unpaired) electrons. The fraction of sp³-hybridized carbons (Fsp3) is 0.740. The van der Waals surface area contributed by atoms with E-state index in [1.54, 1.807) is 0 Å². The number of hydrogen-bond acceptors (Lipinski definition) is 6. The van der Waals surface area contributed by atoms with E-state index in [9.17, 15) is 14.4 Å². The van der Waals surface area contributed by atoms with Crippen LogP contribution in [0.5, 0.6) is 0 Å². The minimum absolute atomic E-state index is 0.0946. The van der Waals surface area contributed by atoms with Gasteiger partial charge in [0.1, 0.15) is 13.2 Å². The molecule has 0 fully saturated rings. The highest BCUT2D eigenvalue weighted by Crippen LogP contribution is 2.14. The lowest BCUT2D eigenvalue weighted by Crippen LogP contribution is -2.30. The van der Waals surface area contributed by atoms with Crippen molar-refractivity contribution >= 4 is 17.9 Å². The summed E-state index contributed by atoms with van der Waals surface area (Å²) in [7, 11) is 0. The summed E-state index contributed by atoms with van der Waals surface area (Å²) < 4.78 is 16.6. The molecule has 1 unspecified atom stereocenters. The van der Waals surface area contributed by atoms with Crippen molar-refractivity contribution < 1.29 is 28.6 Å². The summed E-state index contributed by atoms with van der Waals surface area (Å²) in [5.74, 6) is -0.984. The zero-order valence-electron chi connectivity index (χ0n) is 36.6. The molecule has 0 aliphatic carbocycles. The smallest absolute Gasteiger partial charge is 0.306 e. The molecule has 0 saturated heterocycles. The molecule has 0 N–H and O–H groups in total. The number of ether oxygens (including phenoxy) is 3. The molecule has 0 saturated carbocycles. The highest BCUT2D eigenvalue weighted by molar-refractivity contribution is 5.71. The second kappa shape index (κ2) is 44.8. The molecule has 0 aromatic rings. The zero-order valence-corrected chi connectivity index (χ0v) is 36.6. The van der Waals surface area contributed by atoms with Gasteiger partial charge in [-0.25, -0.2) is 0 Å². The maximum atomic E-state index is 12.7. The largest absolute Gasteiger partial charge is 0.462 e.